The van der Waals surface area contributed by atoms with Crippen LogP contribution in [0, 0.1) is 6.92 Å². The Bertz CT molecular complexity index is 640. The number of hydrogen-bond acceptors (Lipinski definition) is 2. The van der Waals surface area contributed by atoms with Crippen LogP contribution in [0.5, 0.6) is 5.75 Å². The van der Waals surface area contributed by atoms with Gasteiger partial charge in [0, 0.05) is 18.6 Å². The minimum absolute atomic E-state index is 0.0374. The molecular weight excluding hydrogens is 274 g/mol. The van der Waals surface area contributed by atoms with Crippen molar-refractivity contribution in [2.24, 2.45) is 0 Å². The average Bonchev–Trinajstić information content (AvgIpc) is 2.41. The van der Waals surface area contributed by atoms with Crippen LogP contribution in [0.15, 0.2) is 42.5 Å². The summed E-state index contributed by atoms with van der Waals surface area (Å²) < 4.78 is 0. The summed E-state index contributed by atoms with van der Waals surface area (Å²) >= 11 is 5.93. The molecule has 1 amide bonds. The minimum Gasteiger partial charge on any atom is -0.507 e. The number of amides is 1. The summed E-state index contributed by atoms with van der Waals surface area (Å²) in [6, 6.07) is 12.5. The van der Waals surface area contributed by atoms with E-state index < -0.39 is 0 Å². The summed E-state index contributed by atoms with van der Waals surface area (Å²) in [7, 11) is 1.70. The Hall–Kier alpha value is -2.00. The van der Waals surface area contributed by atoms with Gasteiger partial charge in [-0.25, -0.2) is 0 Å². The van der Waals surface area contributed by atoms with Gasteiger partial charge in [0.1, 0.15) is 5.75 Å². The lowest BCUT2D eigenvalue weighted by atomic mass is 10.1. The monoisotopic (exact) mass is 289 g/mol. The molecule has 2 aromatic rings. The zero-order chi connectivity index (χ0) is 14.7. The van der Waals surface area contributed by atoms with Crippen molar-refractivity contribution >= 4 is 17.5 Å². The molecule has 3 nitrogen and oxygen atoms in total. The van der Waals surface area contributed by atoms with Crippen molar-refractivity contribution in [1.82, 2.24) is 4.90 Å². The molecule has 4 heteroatoms. The van der Waals surface area contributed by atoms with E-state index in [1.165, 1.54) is 0 Å². The van der Waals surface area contributed by atoms with Crippen molar-refractivity contribution in [3.8, 4) is 5.75 Å². The van der Waals surface area contributed by atoms with Gasteiger partial charge in [0.05, 0.1) is 5.56 Å². The van der Waals surface area contributed by atoms with E-state index in [1.807, 2.05) is 18.2 Å². The molecule has 0 aromatic heterocycles. The molecule has 0 unspecified atom stereocenters. The zero-order valence-electron chi connectivity index (χ0n) is 11.4. The third kappa shape index (κ3) is 3.11. The van der Waals surface area contributed by atoms with Crippen LogP contribution in [0.2, 0.25) is 5.02 Å². The highest BCUT2D eigenvalue weighted by Gasteiger charge is 2.16. The number of carbonyl (C=O) groups excluding carboxylic acids is 1. The molecule has 0 saturated carbocycles. The number of nitrogens with zero attached hydrogens (tertiary/aromatic N) is 1. The van der Waals surface area contributed by atoms with Gasteiger partial charge in [-0.05, 0) is 36.2 Å². The van der Waals surface area contributed by atoms with Gasteiger partial charge in [0.25, 0.3) is 5.91 Å². The molecule has 0 spiro atoms. The SMILES string of the molecule is Cc1cccc(C(=O)N(C)Cc2cccc(Cl)c2)c1O. The van der Waals surface area contributed by atoms with Gasteiger partial charge in [-0.3, -0.25) is 4.79 Å². The number of hydrogen-bond donors (Lipinski definition) is 1. The van der Waals surface area contributed by atoms with Crippen molar-refractivity contribution in [3.05, 3.63) is 64.2 Å². The number of benzene rings is 2. The highest BCUT2D eigenvalue weighted by molar-refractivity contribution is 6.30. The Morgan fingerprint density at radius 3 is 2.65 bits per heavy atom. The molecule has 20 heavy (non-hydrogen) atoms. The summed E-state index contributed by atoms with van der Waals surface area (Å²) in [5.74, 6) is -0.179. The van der Waals surface area contributed by atoms with Crippen molar-refractivity contribution in [2.75, 3.05) is 7.05 Å². The molecule has 0 radical (unpaired) electrons. The standard InChI is InChI=1S/C16H16ClNO2/c1-11-5-3-8-14(15(11)19)16(20)18(2)10-12-6-4-7-13(17)9-12/h3-9,19H,10H2,1-2H3. The molecule has 0 atom stereocenters. The van der Waals surface area contributed by atoms with Crippen LogP contribution in [-0.4, -0.2) is 23.0 Å². The summed E-state index contributed by atoms with van der Waals surface area (Å²) in [4.78, 5) is 13.9. The van der Waals surface area contributed by atoms with Crippen LogP contribution in [0.1, 0.15) is 21.5 Å². The maximum atomic E-state index is 12.3. The molecule has 2 rings (SSSR count). The van der Waals surface area contributed by atoms with E-state index >= 15 is 0 Å². The topological polar surface area (TPSA) is 40.5 Å². The molecule has 0 bridgehead atoms. The lowest BCUT2D eigenvalue weighted by Gasteiger charge is -2.18. The van der Waals surface area contributed by atoms with Crippen LogP contribution in [0.3, 0.4) is 0 Å². The van der Waals surface area contributed by atoms with Crippen molar-refractivity contribution in [1.29, 1.82) is 0 Å². The first kappa shape index (κ1) is 14.4. The molecule has 104 valence electrons. The van der Waals surface area contributed by atoms with Crippen LogP contribution < -0.4 is 0 Å². The highest BCUT2D eigenvalue weighted by atomic mass is 35.5. The first-order valence-electron chi connectivity index (χ1n) is 6.27. The highest BCUT2D eigenvalue weighted by Crippen LogP contribution is 2.23. The molecular formula is C16H16ClNO2. The fraction of sp³-hybridized carbons (Fsp3) is 0.188. The number of para-hydroxylation sites is 1. The summed E-state index contributed by atoms with van der Waals surface area (Å²) in [6.45, 7) is 2.20. The molecule has 1 N–H and O–H groups in total. The Balaban J connectivity index is 2.19. The van der Waals surface area contributed by atoms with Gasteiger partial charge in [0.15, 0.2) is 0 Å². The molecule has 0 aliphatic carbocycles. The fourth-order valence-corrected chi connectivity index (χ4v) is 2.23. The molecule has 0 heterocycles. The predicted octanol–water partition coefficient (Wildman–Crippen LogP) is 3.63. The molecule has 2 aromatic carbocycles. The van der Waals surface area contributed by atoms with Gasteiger partial charge in [-0.1, -0.05) is 35.9 Å². The zero-order valence-corrected chi connectivity index (χ0v) is 12.2. The maximum Gasteiger partial charge on any atom is 0.257 e. The van der Waals surface area contributed by atoms with Crippen LogP contribution in [0.4, 0.5) is 0 Å². The van der Waals surface area contributed by atoms with E-state index in [0.29, 0.717) is 22.7 Å². The van der Waals surface area contributed by atoms with Crippen LogP contribution in [-0.2, 0) is 6.54 Å². The van der Waals surface area contributed by atoms with Gasteiger partial charge < -0.3 is 10.0 Å². The van der Waals surface area contributed by atoms with E-state index in [4.69, 9.17) is 11.6 Å². The molecule has 0 fully saturated rings. The first-order valence-corrected chi connectivity index (χ1v) is 6.65. The third-order valence-electron chi connectivity index (χ3n) is 3.12. The number of aryl methyl sites for hydroxylation is 1. The van der Waals surface area contributed by atoms with E-state index in [2.05, 4.69) is 0 Å². The second-order valence-electron chi connectivity index (χ2n) is 4.76. The smallest absolute Gasteiger partial charge is 0.257 e. The average molecular weight is 290 g/mol. The Morgan fingerprint density at radius 2 is 1.95 bits per heavy atom. The van der Waals surface area contributed by atoms with E-state index in [9.17, 15) is 9.90 Å². The number of phenols is 1. The van der Waals surface area contributed by atoms with Gasteiger partial charge in [0.2, 0.25) is 0 Å². The first-order chi connectivity index (χ1) is 9.49. The lowest BCUT2D eigenvalue weighted by Crippen LogP contribution is -2.26. The second kappa shape index (κ2) is 5.97. The molecule has 0 aliphatic rings. The fourth-order valence-electron chi connectivity index (χ4n) is 2.02. The van der Waals surface area contributed by atoms with E-state index in [-0.39, 0.29) is 11.7 Å². The largest absolute Gasteiger partial charge is 0.507 e. The van der Waals surface area contributed by atoms with Gasteiger partial charge in [-0.2, -0.15) is 0 Å². The normalized spacial score (nSPS) is 10.3. The summed E-state index contributed by atoms with van der Waals surface area (Å²) in [6.07, 6.45) is 0. The summed E-state index contributed by atoms with van der Waals surface area (Å²) in [5.41, 5.74) is 1.95. The van der Waals surface area contributed by atoms with E-state index in [1.54, 1.807) is 43.1 Å². The minimum atomic E-state index is -0.217. The number of aromatic hydroxyl groups is 1. The number of carbonyl (C=O) groups is 1. The predicted molar refractivity (Wildman–Crippen MR) is 80.1 cm³/mol. The number of rotatable bonds is 3. The van der Waals surface area contributed by atoms with Crippen molar-refractivity contribution in [3.63, 3.8) is 0 Å². The second-order valence-corrected chi connectivity index (χ2v) is 5.20. The Morgan fingerprint density at radius 1 is 1.25 bits per heavy atom. The van der Waals surface area contributed by atoms with E-state index in [0.717, 1.165) is 5.56 Å². The maximum absolute atomic E-state index is 12.3. The third-order valence-corrected chi connectivity index (χ3v) is 3.36. The van der Waals surface area contributed by atoms with Gasteiger partial charge >= 0.3 is 0 Å². The number of phenolic OH excluding ortho intramolecular Hbond substituents is 1. The Kier molecular flexibility index (Phi) is 4.30. The summed E-state index contributed by atoms with van der Waals surface area (Å²) in [5, 5.41) is 10.6. The van der Waals surface area contributed by atoms with Crippen molar-refractivity contribution in [2.45, 2.75) is 13.5 Å². The Labute approximate surface area is 123 Å². The molecule has 0 aliphatic heterocycles. The van der Waals surface area contributed by atoms with Gasteiger partial charge in [-0.15, -0.1) is 0 Å². The quantitative estimate of drug-likeness (QED) is 0.937. The van der Waals surface area contributed by atoms with Crippen LogP contribution >= 0.6 is 11.6 Å². The van der Waals surface area contributed by atoms with Crippen LogP contribution in [0.25, 0.3) is 0 Å². The lowest BCUT2D eigenvalue weighted by molar-refractivity contribution is 0.0782. The molecule has 0 saturated heterocycles. The van der Waals surface area contributed by atoms with Crippen molar-refractivity contribution < 1.29 is 9.90 Å². The number of halogens is 1.